The predicted octanol–water partition coefficient (Wildman–Crippen LogP) is -4.24. The van der Waals surface area contributed by atoms with Gasteiger partial charge in [-0.15, -0.1) is 0 Å². The minimum Gasteiger partial charge on any atom is -0.479 e. The molecule has 0 aromatic rings. The standard InChI is InChI=1S/C10H13NO9/c12-3-1-2-4(13)11(3)9(18)7(16)5(14)6(15)8(17)10(19)20/h1-2,5-9,14-18H,(H,19,20). The first-order valence-corrected chi connectivity index (χ1v) is 5.37. The fourth-order valence-electron chi connectivity index (χ4n) is 1.54. The molecular formula is C10H13NO9. The Hall–Kier alpha value is -1.85. The van der Waals surface area contributed by atoms with Gasteiger partial charge >= 0.3 is 5.97 Å². The van der Waals surface area contributed by atoms with Crippen LogP contribution in [0.2, 0.25) is 0 Å². The topological polar surface area (TPSA) is 176 Å². The van der Waals surface area contributed by atoms with Gasteiger partial charge in [0.2, 0.25) is 0 Å². The molecular weight excluding hydrogens is 278 g/mol. The third-order valence-corrected chi connectivity index (χ3v) is 2.69. The monoisotopic (exact) mass is 291 g/mol. The highest BCUT2D eigenvalue weighted by Gasteiger charge is 2.42. The van der Waals surface area contributed by atoms with Crippen LogP contribution in [-0.4, -0.2) is 84.0 Å². The summed E-state index contributed by atoms with van der Waals surface area (Å²) in [5, 5.41) is 55.3. The van der Waals surface area contributed by atoms with Gasteiger partial charge in [0.25, 0.3) is 11.8 Å². The second-order valence-corrected chi connectivity index (χ2v) is 4.05. The summed E-state index contributed by atoms with van der Waals surface area (Å²) < 4.78 is 0. The lowest BCUT2D eigenvalue weighted by Crippen LogP contribution is -2.56. The van der Waals surface area contributed by atoms with E-state index in [2.05, 4.69) is 0 Å². The summed E-state index contributed by atoms with van der Waals surface area (Å²) in [6.45, 7) is 0. The number of aliphatic carboxylic acids is 1. The molecule has 0 aliphatic carbocycles. The van der Waals surface area contributed by atoms with Crippen LogP contribution in [0.1, 0.15) is 0 Å². The molecule has 0 radical (unpaired) electrons. The molecule has 5 unspecified atom stereocenters. The van der Waals surface area contributed by atoms with Crippen molar-refractivity contribution in [2.24, 2.45) is 0 Å². The second kappa shape index (κ2) is 6.07. The molecule has 1 heterocycles. The highest BCUT2D eigenvalue weighted by Crippen LogP contribution is 2.15. The molecule has 1 aliphatic rings. The summed E-state index contributed by atoms with van der Waals surface area (Å²) in [6, 6.07) is 0. The summed E-state index contributed by atoms with van der Waals surface area (Å²) in [4.78, 5) is 33.1. The van der Waals surface area contributed by atoms with Crippen LogP contribution in [0.25, 0.3) is 0 Å². The lowest BCUT2D eigenvalue weighted by atomic mass is 10.0. The number of aliphatic hydroxyl groups is 5. The Morgan fingerprint density at radius 3 is 1.75 bits per heavy atom. The van der Waals surface area contributed by atoms with E-state index in [0.717, 1.165) is 12.2 Å². The Balaban J connectivity index is 2.78. The van der Waals surface area contributed by atoms with E-state index in [-0.39, 0.29) is 4.90 Å². The van der Waals surface area contributed by atoms with E-state index >= 15 is 0 Å². The van der Waals surface area contributed by atoms with E-state index in [0.29, 0.717) is 0 Å². The highest BCUT2D eigenvalue weighted by molar-refractivity contribution is 6.13. The summed E-state index contributed by atoms with van der Waals surface area (Å²) in [5.74, 6) is -3.78. The number of carbonyl (C=O) groups excluding carboxylic acids is 2. The molecule has 10 nitrogen and oxygen atoms in total. The zero-order valence-electron chi connectivity index (χ0n) is 9.90. The first-order valence-electron chi connectivity index (χ1n) is 5.37. The Kier molecular flexibility index (Phi) is 4.92. The maximum absolute atomic E-state index is 11.2. The lowest BCUT2D eigenvalue weighted by Gasteiger charge is -2.31. The largest absolute Gasteiger partial charge is 0.479 e. The molecule has 0 saturated carbocycles. The van der Waals surface area contributed by atoms with Crippen LogP contribution >= 0.6 is 0 Å². The quantitative estimate of drug-likeness (QED) is 0.265. The molecule has 0 saturated heterocycles. The van der Waals surface area contributed by atoms with E-state index in [4.69, 9.17) is 10.2 Å². The normalized spacial score (nSPS) is 22.6. The molecule has 0 fully saturated rings. The summed E-state index contributed by atoms with van der Waals surface area (Å²) in [5.41, 5.74) is 0. The molecule has 10 heteroatoms. The van der Waals surface area contributed by atoms with Crippen molar-refractivity contribution in [3.63, 3.8) is 0 Å². The number of aliphatic hydroxyl groups excluding tert-OH is 5. The number of hydrogen-bond acceptors (Lipinski definition) is 8. The van der Waals surface area contributed by atoms with Crippen molar-refractivity contribution < 1.29 is 45.0 Å². The fraction of sp³-hybridized carbons (Fsp3) is 0.500. The number of hydrogen-bond donors (Lipinski definition) is 6. The average molecular weight is 291 g/mol. The van der Waals surface area contributed by atoms with Gasteiger partial charge in [-0.1, -0.05) is 0 Å². The van der Waals surface area contributed by atoms with Crippen molar-refractivity contribution in [2.75, 3.05) is 0 Å². The minimum absolute atomic E-state index is 0.202. The van der Waals surface area contributed by atoms with Gasteiger partial charge in [-0.3, -0.25) is 9.59 Å². The smallest absolute Gasteiger partial charge is 0.335 e. The van der Waals surface area contributed by atoms with E-state index in [1.54, 1.807) is 0 Å². The van der Waals surface area contributed by atoms with Crippen LogP contribution in [0.5, 0.6) is 0 Å². The Morgan fingerprint density at radius 2 is 1.35 bits per heavy atom. The van der Waals surface area contributed by atoms with Gasteiger partial charge in [0.1, 0.15) is 18.3 Å². The van der Waals surface area contributed by atoms with Crippen molar-refractivity contribution in [3.8, 4) is 0 Å². The van der Waals surface area contributed by atoms with Gasteiger partial charge in [0, 0.05) is 12.2 Å². The van der Waals surface area contributed by atoms with E-state index in [1.165, 1.54) is 0 Å². The average Bonchev–Trinajstić information content (AvgIpc) is 2.73. The minimum atomic E-state index is -2.42. The number of imide groups is 1. The van der Waals surface area contributed by atoms with Crippen molar-refractivity contribution in [1.29, 1.82) is 0 Å². The Bertz CT molecular complexity index is 430. The third kappa shape index (κ3) is 3.00. The van der Waals surface area contributed by atoms with Gasteiger partial charge in [-0.05, 0) is 0 Å². The first-order chi connectivity index (χ1) is 9.18. The summed E-state index contributed by atoms with van der Waals surface area (Å²) >= 11 is 0. The molecule has 6 N–H and O–H groups in total. The van der Waals surface area contributed by atoms with Crippen molar-refractivity contribution >= 4 is 17.8 Å². The maximum Gasteiger partial charge on any atom is 0.335 e. The van der Waals surface area contributed by atoms with Crippen LogP contribution in [0.3, 0.4) is 0 Å². The molecule has 5 atom stereocenters. The van der Waals surface area contributed by atoms with Crippen LogP contribution in [-0.2, 0) is 14.4 Å². The SMILES string of the molecule is O=C(O)C(O)C(O)C(O)C(O)C(O)N1C(=O)C=CC1=O. The third-order valence-electron chi connectivity index (χ3n) is 2.69. The number of amides is 2. The van der Waals surface area contributed by atoms with Crippen molar-refractivity contribution in [2.45, 2.75) is 30.6 Å². The number of rotatable bonds is 6. The van der Waals surface area contributed by atoms with Crippen molar-refractivity contribution in [3.05, 3.63) is 12.2 Å². The Morgan fingerprint density at radius 1 is 0.900 bits per heavy atom. The van der Waals surface area contributed by atoms with Crippen LogP contribution in [0.15, 0.2) is 12.2 Å². The van der Waals surface area contributed by atoms with Gasteiger partial charge in [-0.2, -0.15) is 0 Å². The van der Waals surface area contributed by atoms with Crippen LogP contribution in [0.4, 0.5) is 0 Å². The van der Waals surface area contributed by atoms with E-state index < -0.39 is 48.4 Å². The first kappa shape index (κ1) is 16.2. The second-order valence-electron chi connectivity index (χ2n) is 4.05. The zero-order chi connectivity index (χ0) is 15.6. The van der Waals surface area contributed by atoms with Crippen molar-refractivity contribution in [1.82, 2.24) is 4.90 Å². The number of nitrogens with zero attached hydrogens (tertiary/aromatic N) is 1. The molecule has 0 aromatic carbocycles. The molecule has 2 amide bonds. The lowest BCUT2D eigenvalue weighted by molar-refractivity contribution is -0.184. The maximum atomic E-state index is 11.2. The van der Waals surface area contributed by atoms with Crippen LogP contribution in [0, 0.1) is 0 Å². The Labute approximate surface area is 111 Å². The fourth-order valence-corrected chi connectivity index (χ4v) is 1.54. The molecule has 0 bridgehead atoms. The van der Waals surface area contributed by atoms with Gasteiger partial charge in [0.05, 0.1) is 0 Å². The van der Waals surface area contributed by atoms with Crippen LogP contribution < -0.4 is 0 Å². The molecule has 0 spiro atoms. The number of carboxylic acid groups (broad SMARTS) is 1. The molecule has 112 valence electrons. The summed E-state index contributed by atoms with van der Waals surface area (Å²) in [7, 11) is 0. The van der Waals surface area contributed by atoms with Gasteiger partial charge < -0.3 is 30.6 Å². The van der Waals surface area contributed by atoms with Gasteiger partial charge in [0.15, 0.2) is 12.3 Å². The number of carbonyl (C=O) groups is 3. The molecule has 1 rings (SSSR count). The highest BCUT2D eigenvalue weighted by atomic mass is 16.4. The van der Waals surface area contributed by atoms with Gasteiger partial charge in [-0.25, -0.2) is 9.69 Å². The number of carboxylic acids is 1. The zero-order valence-corrected chi connectivity index (χ0v) is 9.90. The predicted molar refractivity (Wildman–Crippen MR) is 58.7 cm³/mol. The summed E-state index contributed by atoms with van der Waals surface area (Å²) in [6.07, 6.45) is -9.92. The molecule has 0 aromatic heterocycles. The molecule has 20 heavy (non-hydrogen) atoms. The molecule has 1 aliphatic heterocycles. The van der Waals surface area contributed by atoms with E-state index in [9.17, 15) is 34.8 Å². The van der Waals surface area contributed by atoms with E-state index in [1.807, 2.05) is 0 Å².